The standard InChI is InChI=1S/C21H19NO3S/c1-25-17-13-11-16(12-14-17)21(23)22-19-10-6-9-18(20(19)26(2)24)15-7-4-3-5-8-15/h3-14H,1-2H3,(H,22,23). The number of carbonyl (C=O) groups is 1. The number of ether oxygens (including phenoxy) is 1. The molecular formula is C21H19NO3S. The van der Waals surface area contributed by atoms with E-state index in [2.05, 4.69) is 5.32 Å². The molecule has 1 amide bonds. The molecule has 0 aliphatic heterocycles. The molecule has 0 saturated carbocycles. The van der Waals surface area contributed by atoms with Crippen LogP contribution in [0.1, 0.15) is 10.4 Å². The molecule has 0 fully saturated rings. The smallest absolute Gasteiger partial charge is 0.255 e. The summed E-state index contributed by atoms with van der Waals surface area (Å²) in [5, 5.41) is 2.88. The van der Waals surface area contributed by atoms with Crippen LogP contribution in [0.15, 0.2) is 77.7 Å². The summed E-state index contributed by atoms with van der Waals surface area (Å²) in [6.45, 7) is 0. The summed E-state index contributed by atoms with van der Waals surface area (Å²) >= 11 is -1.27. The number of hydrogen-bond acceptors (Lipinski definition) is 3. The molecule has 3 aromatic rings. The van der Waals surface area contributed by atoms with Crippen LogP contribution in [0.4, 0.5) is 5.69 Å². The van der Waals surface area contributed by atoms with Gasteiger partial charge in [-0.25, -0.2) is 0 Å². The third kappa shape index (κ3) is 3.90. The summed E-state index contributed by atoms with van der Waals surface area (Å²) in [6.07, 6.45) is 1.62. The number of rotatable bonds is 5. The number of amides is 1. The van der Waals surface area contributed by atoms with Gasteiger partial charge in [0.2, 0.25) is 0 Å². The van der Waals surface area contributed by atoms with Gasteiger partial charge in [-0.15, -0.1) is 0 Å². The fourth-order valence-corrected chi connectivity index (χ4v) is 3.65. The summed E-state index contributed by atoms with van der Waals surface area (Å²) in [6, 6.07) is 22.1. The topological polar surface area (TPSA) is 61.4 Å². The summed E-state index contributed by atoms with van der Waals surface area (Å²) in [7, 11) is 1.58. The predicted octanol–water partition coefficient (Wildman–Crippen LogP) is 4.35. The number of hydrogen-bond donors (Lipinski definition) is 1. The Morgan fingerprint density at radius 2 is 1.65 bits per heavy atom. The van der Waals surface area contributed by atoms with Gasteiger partial charge in [-0.3, -0.25) is 4.79 Å². The van der Waals surface area contributed by atoms with E-state index in [1.807, 2.05) is 42.5 Å². The van der Waals surface area contributed by atoms with Gasteiger partial charge < -0.3 is 14.6 Å². The van der Waals surface area contributed by atoms with Gasteiger partial charge >= 0.3 is 0 Å². The van der Waals surface area contributed by atoms with E-state index in [0.29, 0.717) is 21.9 Å². The molecule has 26 heavy (non-hydrogen) atoms. The maximum atomic E-state index is 12.6. The Labute approximate surface area is 156 Å². The number of benzene rings is 3. The van der Waals surface area contributed by atoms with Gasteiger partial charge in [0, 0.05) is 11.1 Å². The zero-order valence-corrected chi connectivity index (χ0v) is 15.4. The fourth-order valence-electron chi connectivity index (χ4n) is 2.73. The molecule has 0 radical (unpaired) electrons. The van der Waals surface area contributed by atoms with Crippen molar-refractivity contribution in [1.82, 2.24) is 0 Å². The van der Waals surface area contributed by atoms with Crippen molar-refractivity contribution in [2.45, 2.75) is 4.90 Å². The molecule has 0 saturated heterocycles. The Hall–Kier alpha value is -2.76. The van der Waals surface area contributed by atoms with Gasteiger partial charge in [-0.05, 0) is 53.1 Å². The Morgan fingerprint density at radius 1 is 0.962 bits per heavy atom. The van der Waals surface area contributed by atoms with E-state index in [4.69, 9.17) is 4.74 Å². The van der Waals surface area contributed by atoms with Crippen molar-refractivity contribution in [3.63, 3.8) is 0 Å². The third-order valence-electron chi connectivity index (χ3n) is 3.99. The molecule has 3 aromatic carbocycles. The molecule has 1 atom stereocenters. The molecule has 0 heterocycles. The second-order valence-electron chi connectivity index (χ2n) is 5.69. The zero-order chi connectivity index (χ0) is 18.5. The summed E-state index contributed by atoms with van der Waals surface area (Å²) in [5.74, 6) is 0.424. The summed E-state index contributed by atoms with van der Waals surface area (Å²) in [5.41, 5.74) is 2.86. The SMILES string of the molecule is COc1ccc(C(=O)Nc2cccc(-c3ccccc3)c2[S+](C)[O-])cc1. The molecule has 5 heteroatoms. The maximum absolute atomic E-state index is 12.6. The first-order valence-electron chi connectivity index (χ1n) is 8.07. The highest BCUT2D eigenvalue weighted by atomic mass is 32.2. The lowest BCUT2D eigenvalue weighted by molar-refractivity contribution is 0.102. The first-order chi connectivity index (χ1) is 12.6. The largest absolute Gasteiger partial charge is 0.612 e. The molecule has 0 aliphatic carbocycles. The molecule has 0 bridgehead atoms. The van der Waals surface area contributed by atoms with E-state index in [9.17, 15) is 9.35 Å². The maximum Gasteiger partial charge on any atom is 0.255 e. The molecule has 0 aromatic heterocycles. The fraction of sp³-hybridized carbons (Fsp3) is 0.0952. The Balaban J connectivity index is 1.95. The quantitative estimate of drug-likeness (QED) is 0.684. The van der Waals surface area contributed by atoms with Crippen LogP contribution in [-0.4, -0.2) is 23.8 Å². The predicted molar refractivity (Wildman–Crippen MR) is 105 cm³/mol. The van der Waals surface area contributed by atoms with Gasteiger partial charge in [0.1, 0.15) is 12.0 Å². The van der Waals surface area contributed by atoms with E-state index < -0.39 is 11.2 Å². The lowest BCUT2D eigenvalue weighted by Crippen LogP contribution is -2.15. The first kappa shape index (κ1) is 18.0. The zero-order valence-electron chi connectivity index (χ0n) is 14.6. The number of methoxy groups -OCH3 is 1. The van der Waals surface area contributed by atoms with Crippen molar-refractivity contribution in [3.05, 3.63) is 78.4 Å². The highest BCUT2D eigenvalue weighted by Crippen LogP contribution is 2.33. The van der Waals surface area contributed by atoms with E-state index in [1.165, 1.54) is 0 Å². The average molecular weight is 365 g/mol. The minimum atomic E-state index is -1.27. The second-order valence-corrected chi connectivity index (χ2v) is 7.00. The normalized spacial score (nSPS) is 11.7. The lowest BCUT2D eigenvalue weighted by Gasteiger charge is -2.16. The van der Waals surface area contributed by atoms with Gasteiger partial charge in [-0.2, -0.15) is 0 Å². The Kier molecular flexibility index (Phi) is 5.61. The van der Waals surface area contributed by atoms with E-state index in [1.54, 1.807) is 43.7 Å². The third-order valence-corrected chi connectivity index (χ3v) is 5.00. The minimum absolute atomic E-state index is 0.260. The first-order valence-corrected chi connectivity index (χ1v) is 9.63. The minimum Gasteiger partial charge on any atom is -0.612 e. The van der Waals surface area contributed by atoms with Crippen LogP contribution in [0.3, 0.4) is 0 Å². The van der Waals surface area contributed by atoms with Crippen molar-refractivity contribution >= 4 is 22.8 Å². The van der Waals surface area contributed by atoms with Crippen LogP contribution in [-0.2, 0) is 11.2 Å². The highest BCUT2D eigenvalue weighted by Gasteiger charge is 2.20. The molecule has 132 valence electrons. The molecule has 0 spiro atoms. The van der Waals surface area contributed by atoms with Crippen molar-refractivity contribution in [2.24, 2.45) is 0 Å². The number of anilines is 1. The van der Waals surface area contributed by atoms with E-state index in [-0.39, 0.29) is 5.91 Å². The van der Waals surface area contributed by atoms with Crippen molar-refractivity contribution in [1.29, 1.82) is 0 Å². The Bertz CT molecular complexity index is 893. The molecule has 4 nitrogen and oxygen atoms in total. The van der Waals surface area contributed by atoms with Crippen LogP contribution in [0, 0.1) is 0 Å². The lowest BCUT2D eigenvalue weighted by atomic mass is 10.0. The highest BCUT2D eigenvalue weighted by molar-refractivity contribution is 7.91. The summed E-state index contributed by atoms with van der Waals surface area (Å²) < 4.78 is 17.5. The number of nitrogens with one attached hydrogen (secondary N) is 1. The molecule has 1 unspecified atom stereocenters. The van der Waals surface area contributed by atoms with Crippen molar-refractivity contribution in [3.8, 4) is 16.9 Å². The monoisotopic (exact) mass is 365 g/mol. The van der Waals surface area contributed by atoms with Crippen LogP contribution in [0.2, 0.25) is 0 Å². The van der Waals surface area contributed by atoms with Crippen LogP contribution in [0.5, 0.6) is 5.75 Å². The molecule has 0 aliphatic rings. The molecular weight excluding hydrogens is 346 g/mol. The van der Waals surface area contributed by atoms with Crippen LogP contribution < -0.4 is 10.1 Å². The van der Waals surface area contributed by atoms with Crippen LogP contribution in [0.25, 0.3) is 11.1 Å². The van der Waals surface area contributed by atoms with Gasteiger partial charge in [0.15, 0.2) is 4.90 Å². The molecule has 1 N–H and O–H groups in total. The van der Waals surface area contributed by atoms with E-state index in [0.717, 1.165) is 11.1 Å². The van der Waals surface area contributed by atoms with Crippen molar-refractivity contribution < 1.29 is 14.1 Å². The summed E-state index contributed by atoms with van der Waals surface area (Å²) in [4.78, 5) is 13.2. The van der Waals surface area contributed by atoms with Gasteiger partial charge in [0.25, 0.3) is 5.91 Å². The number of carbonyl (C=O) groups excluding carboxylic acids is 1. The van der Waals surface area contributed by atoms with Gasteiger partial charge in [-0.1, -0.05) is 36.4 Å². The van der Waals surface area contributed by atoms with Crippen LogP contribution >= 0.6 is 0 Å². The van der Waals surface area contributed by atoms with E-state index >= 15 is 0 Å². The van der Waals surface area contributed by atoms with Crippen molar-refractivity contribution in [2.75, 3.05) is 18.7 Å². The average Bonchev–Trinajstić information content (AvgIpc) is 2.68. The second kappa shape index (κ2) is 8.08. The molecule has 3 rings (SSSR count). The van der Waals surface area contributed by atoms with Gasteiger partial charge in [0.05, 0.1) is 12.8 Å². The Morgan fingerprint density at radius 3 is 2.27 bits per heavy atom.